The Bertz CT molecular complexity index is 1170. The molecule has 0 aliphatic heterocycles. The summed E-state index contributed by atoms with van der Waals surface area (Å²) in [7, 11) is -3.96. The lowest BCUT2D eigenvalue weighted by atomic mass is 9.87. The van der Waals surface area contributed by atoms with E-state index in [0.29, 0.717) is 25.1 Å². The van der Waals surface area contributed by atoms with E-state index < -0.39 is 28.2 Å². The van der Waals surface area contributed by atoms with Crippen LogP contribution in [0.4, 0.5) is 23.7 Å². The third kappa shape index (κ3) is 7.62. The number of nitrogens with one attached hydrogen (secondary N) is 1. The number of nitrogens with zero attached hydrogens (tertiary/aromatic N) is 1. The van der Waals surface area contributed by atoms with E-state index in [4.69, 9.17) is 4.74 Å². The predicted octanol–water partition coefficient (Wildman–Crippen LogP) is 6.10. The van der Waals surface area contributed by atoms with Gasteiger partial charge in [0.25, 0.3) is 10.0 Å². The first-order valence-electron chi connectivity index (χ1n) is 12.0. The van der Waals surface area contributed by atoms with Crippen LogP contribution in [0.15, 0.2) is 47.4 Å². The molecule has 3 rings (SSSR count). The molecule has 1 N–H and O–H groups in total. The molecule has 0 saturated carbocycles. The maximum atomic E-state index is 12.8. The van der Waals surface area contributed by atoms with Gasteiger partial charge in [-0.3, -0.25) is 4.72 Å². The predicted molar refractivity (Wildman–Crippen MR) is 132 cm³/mol. The maximum Gasteiger partial charge on any atom is 0.410 e. The highest BCUT2D eigenvalue weighted by Crippen LogP contribution is 2.29. The SMILES string of the molecule is CCCN(C(=O)OC(C)(C)C)[C@H]1CCc2cc(NS(=O)(=O)c3ccc(CC(F)(F)F)cc3)ccc2C1. The van der Waals surface area contributed by atoms with Crippen LogP contribution in [0.3, 0.4) is 0 Å². The largest absolute Gasteiger partial charge is 0.444 e. The van der Waals surface area contributed by atoms with E-state index in [-0.39, 0.29) is 22.6 Å². The van der Waals surface area contributed by atoms with Crippen molar-refractivity contribution >= 4 is 21.8 Å². The Balaban J connectivity index is 1.71. The Labute approximate surface area is 210 Å². The second-order valence-electron chi connectivity index (χ2n) is 10.1. The molecule has 1 amide bonds. The molecule has 1 aliphatic carbocycles. The van der Waals surface area contributed by atoms with Crippen molar-refractivity contribution < 1.29 is 31.1 Å². The molecule has 36 heavy (non-hydrogen) atoms. The molecule has 0 fully saturated rings. The first-order valence-corrected chi connectivity index (χ1v) is 13.4. The van der Waals surface area contributed by atoms with E-state index >= 15 is 0 Å². The number of benzene rings is 2. The summed E-state index contributed by atoms with van der Waals surface area (Å²) >= 11 is 0. The average Bonchev–Trinajstić information content (AvgIpc) is 2.75. The van der Waals surface area contributed by atoms with Crippen molar-refractivity contribution in [3.05, 3.63) is 59.2 Å². The fraction of sp³-hybridized carbons (Fsp3) is 0.500. The van der Waals surface area contributed by atoms with Gasteiger partial charge in [0.15, 0.2) is 0 Å². The zero-order valence-electron chi connectivity index (χ0n) is 21.0. The number of halogens is 3. The van der Waals surface area contributed by atoms with Crippen molar-refractivity contribution in [2.45, 2.75) is 82.5 Å². The minimum Gasteiger partial charge on any atom is -0.444 e. The van der Waals surface area contributed by atoms with Crippen molar-refractivity contribution in [1.82, 2.24) is 4.90 Å². The number of rotatable bonds is 7. The van der Waals surface area contributed by atoms with E-state index in [9.17, 15) is 26.4 Å². The summed E-state index contributed by atoms with van der Waals surface area (Å²) in [6.07, 6.45) is -2.96. The Hall–Kier alpha value is -2.75. The second-order valence-corrected chi connectivity index (χ2v) is 11.8. The number of amides is 1. The van der Waals surface area contributed by atoms with Gasteiger partial charge in [-0.15, -0.1) is 0 Å². The van der Waals surface area contributed by atoms with Crippen LogP contribution in [0, 0.1) is 0 Å². The van der Waals surface area contributed by atoms with Crippen LogP contribution in [-0.4, -0.2) is 43.8 Å². The van der Waals surface area contributed by atoms with Crippen LogP contribution in [-0.2, 0) is 34.0 Å². The van der Waals surface area contributed by atoms with Gasteiger partial charge < -0.3 is 9.64 Å². The number of anilines is 1. The molecule has 1 aliphatic rings. The standard InChI is InChI=1S/C26H33F3N2O4S/c1-5-14-31(24(32)35-25(2,3)4)22-11-9-19-15-21(10-8-20(19)16-22)30-36(33,34)23-12-6-18(7-13-23)17-26(27,28)29/h6-8,10,12-13,15,22,30H,5,9,11,14,16-17H2,1-4H3/t22-/m0/s1. The van der Waals surface area contributed by atoms with Gasteiger partial charge in [-0.1, -0.05) is 25.1 Å². The number of fused-ring (bicyclic) bond motifs is 1. The van der Waals surface area contributed by atoms with Crippen molar-refractivity contribution in [3.63, 3.8) is 0 Å². The van der Waals surface area contributed by atoms with Crippen LogP contribution >= 0.6 is 0 Å². The van der Waals surface area contributed by atoms with Gasteiger partial charge in [0.1, 0.15) is 5.60 Å². The molecule has 0 radical (unpaired) electrons. The van der Waals surface area contributed by atoms with E-state index in [1.165, 1.54) is 24.3 Å². The van der Waals surface area contributed by atoms with Gasteiger partial charge >= 0.3 is 12.3 Å². The minimum atomic E-state index is -4.36. The highest BCUT2D eigenvalue weighted by molar-refractivity contribution is 7.92. The second kappa shape index (κ2) is 10.7. The zero-order chi connectivity index (χ0) is 26.7. The minimum absolute atomic E-state index is 0.00622. The van der Waals surface area contributed by atoms with Crippen LogP contribution < -0.4 is 4.72 Å². The molecule has 198 valence electrons. The summed E-state index contributed by atoms with van der Waals surface area (Å²) in [5, 5.41) is 0. The van der Waals surface area contributed by atoms with E-state index in [1.54, 1.807) is 17.0 Å². The highest BCUT2D eigenvalue weighted by atomic mass is 32.2. The van der Waals surface area contributed by atoms with E-state index in [0.717, 1.165) is 24.0 Å². The highest BCUT2D eigenvalue weighted by Gasteiger charge is 2.31. The number of hydrogen-bond acceptors (Lipinski definition) is 4. The first-order chi connectivity index (χ1) is 16.7. The lowest BCUT2D eigenvalue weighted by molar-refractivity contribution is -0.127. The Morgan fingerprint density at radius 1 is 1.08 bits per heavy atom. The number of hydrogen-bond donors (Lipinski definition) is 1. The van der Waals surface area contributed by atoms with Crippen molar-refractivity contribution in [3.8, 4) is 0 Å². The zero-order valence-corrected chi connectivity index (χ0v) is 21.8. The van der Waals surface area contributed by atoms with Gasteiger partial charge in [-0.05, 0) is 87.4 Å². The summed E-state index contributed by atoms with van der Waals surface area (Å²) in [5.74, 6) is 0. The molecule has 2 aromatic rings. The lowest BCUT2D eigenvalue weighted by Gasteiger charge is -2.36. The van der Waals surface area contributed by atoms with Crippen LogP contribution in [0.25, 0.3) is 0 Å². The summed E-state index contributed by atoms with van der Waals surface area (Å²) in [5.41, 5.74) is 1.82. The maximum absolute atomic E-state index is 12.8. The van der Waals surface area contributed by atoms with E-state index in [1.807, 2.05) is 33.8 Å². The van der Waals surface area contributed by atoms with E-state index in [2.05, 4.69) is 4.72 Å². The van der Waals surface area contributed by atoms with Crippen molar-refractivity contribution in [1.29, 1.82) is 0 Å². The van der Waals surface area contributed by atoms with Gasteiger partial charge in [-0.2, -0.15) is 13.2 Å². The molecule has 0 spiro atoms. The van der Waals surface area contributed by atoms with Gasteiger partial charge in [-0.25, -0.2) is 13.2 Å². The molecular weight excluding hydrogens is 493 g/mol. The Kier molecular flexibility index (Phi) is 8.27. The third-order valence-electron chi connectivity index (χ3n) is 5.83. The molecule has 2 aromatic carbocycles. The van der Waals surface area contributed by atoms with Crippen molar-refractivity contribution in [2.24, 2.45) is 0 Å². The number of sulfonamides is 1. The normalized spacial score (nSPS) is 16.2. The molecular formula is C26H33F3N2O4S. The molecule has 0 heterocycles. The molecule has 0 bridgehead atoms. The molecule has 0 aromatic heterocycles. The number of alkyl halides is 3. The molecule has 0 unspecified atom stereocenters. The Morgan fingerprint density at radius 2 is 1.75 bits per heavy atom. The van der Waals surface area contributed by atoms with Crippen LogP contribution in [0.5, 0.6) is 0 Å². The molecule has 1 atom stereocenters. The van der Waals surface area contributed by atoms with Crippen molar-refractivity contribution in [2.75, 3.05) is 11.3 Å². The third-order valence-corrected chi connectivity index (χ3v) is 7.23. The smallest absolute Gasteiger partial charge is 0.410 e. The summed E-state index contributed by atoms with van der Waals surface area (Å²) < 4.78 is 71.3. The molecule has 6 nitrogen and oxygen atoms in total. The fourth-order valence-electron chi connectivity index (χ4n) is 4.28. The monoisotopic (exact) mass is 526 g/mol. The summed E-state index contributed by atoms with van der Waals surface area (Å²) in [4.78, 5) is 14.4. The van der Waals surface area contributed by atoms with Gasteiger partial charge in [0.05, 0.1) is 11.3 Å². The number of aryl methyl sites for hydroxylation is 1. The average molecular weight is 527 g/mol. The Morgan fingerprint density at radius 3 is 2.33 bits per heavy atom. The quantitative estimate of drug-likeness (QED) is 0.473. The van der Waals surface area contributed by atoms with Crippen LogP contribution in [0.2, 0.25) is 0 Å². The summed E-state index contributed by atoms with van der Waals surface area (Å²) in [6.45, 7) is 8.12. The number of carbonyl (C=O) groups excluding carboxylic acids is 1. The number of ether oxygens (including phenoxy) is 1. The fourth-order valence-corrected chi connectivity index (χ4v) is 5.33. The van der Waals surface area contributed by atoms with Crippen LogP contribution in [0.1, 0.15) is 57.2 Å². The molecule has 10 heteroatoms. The number of carbonyl (C=O) groups is 1. The topological polar surface area (TPSA) is 75.7 Å². The van der Waals surface area contributed by atoms with Gasteiger partial charge in [0.2, 0.25) is 0 Å². The lowest BCUT2D eigenvalue weighted by Crippen LogP contribution is -2.46. The molecule has 0 saturated heterocycles. The first kappa shape index (κ1) is 27.8. The summed E-state index contributed by atoms with van der Waals surface area (Å²) in [6, 6.07) is 9.96. The van der Waals surface area contributed by atoms with Gasteiger partial charge in [0, 0.05) is 18.3 Å².